The molecule has 10 nitrogen and oxygen atoms in total. The van der Waals surface area contributed by atoms with E-state index in [-0.39, 0.29) is 16.4 Å². The maximum atomic E-state index is 13.2. The number of rotatable bonds is 6. The molecule has 2 aliphatic rings. The molecule has 1 saturated heterocycles. The van der Waals surface area contributed by atoms with Crippen LogP contribution in [-0.4, -0.2) is 51.5 Å². The number of aryl methyl sites for hydroxylation is 1. The standard InChI is InChI=1S/C26H26N6O4S2/c33-24(17-9-11-18(12-10-17)38(35,36)31-13-3-4-14-31)28-23-16-21(22-8-5-15-37-22)30-32(23)26-27-20-7-2-1-6-19(20)25(34)29-26/h5,8-12,15-16H,1-4,6-7,13-14H2,(H,28,33)(H,27,29,34). The van der Waals surface area contributed by atoms with Gasteiger partial charge in [-0.15, -0.1) is 11.3 Å². The number of sulfonamides is 1. The highest BCUT2D eigenvalue weighted by Gasteiger charge is 2.27. The van der Waals surface area contributed by atoms with Gasteiger partial charge < -0.3 is 5.32 Å². The summed E-state index contributed by atoms with van der Waals surface area (Å²) in [5.41, 5.74) is 2.20. The maximum Gasteiger partial charge on any atom is 0.256 e. The first-order valence-electron chi connectivity index (χ1n) is 12.6. The Morgan fingerprint density at radius 1 is 1.03 bits per heavy atom. The van der Waals surface area contributed by atoms with Crippen LogP contribution < -0.4 is 10.9 Å². The second kappa shape index (κ2) is 9.93. The number of fused-ring (bicyclic) bond motifs is 1. The van der Waals surface area contributed by atoms with Gasteiger partial charge in [-0.3, -0.25) is 14.6 Å². The second-order valence-corrected chi connectivity index (χ2v) is 12.3. The molecule has 0 spiro atoms. The van der Waals surface area contributed by atoms with E-state index in [9.17, 15) is 18.0 Å². The summed E-state index contributed by atoms with van der Waals surface area (Å²) in [7, 11) is -3.57. The molecule has 2 N–H and O–H groups in total. The maximum absolute atomic E-state index is 13.2. The van der Waals surface area contributed by atoms with E-state index >= 15 is 0 Å². The predicted octanol–water partition coefficient (Wildman–Crippen LogP) is 3.60. The van der Waals surface area contributed by atoms with Crippen molar-refractivity contribution in [2.24, 2.45) is 0 Å². The number of H-pyrrole nitrogens is 1. The summed E-state index contributed by atoms with van der Waals surface area (Å²) < 4.78 is 28.6. The van der Waals surface area contributed by atoms with Crippen molar-refractivity contribution in [3.63, 3.8) is 0 Å². The van der Waals surface area contributed by atoms with Crippen LogP contribution in [0.2, 0.25) is 0 Å². The summed E-state index contributed by atoms with van der Waals surface area (Å²) >= 11 is 1.51. The highest BCUT2D eigenvalue weighted by molar-refractivity contribution is 7.89. The third-order valence-corrected chi connectivity index (χ3v) is 9.73. The zero-order valence-corrected chi connectivity index (χ0v) is 22.1. The number of nitrogens with one attached hydrogen (secondary N) is 2. The predicted molar refractivity (Wildman–Crippen MR) is 144 cm³/mol. The quantitative estimate of drug-likeness (QED) is 0.377. The first-order chi connectivity index (χ1) is 18.4. The normalized spacial score (nSPS) is 15.9. The van der Waals surface area contributed by atoms with E-state index in [1.807, 2.05) is 17.5 Å². The van der Waals surface area contributed by atoms with Gasteiger partial charge in [0.05, 0.1) is 15.5 Å². The fourth-order valence-electron chi connectivity index (χ4n) is 4.91. The average Bonchev–Trinajstić information content (AvgIpc) is 3.71. The second-order valence-electron chi connectivity index (χ2n) is 9.42. The Bertz CT molecular complexity index is 1650. The van der Waals surface area contributed by atoms with Crippen LogP contribution >= 0.6 is 11.3 Å². The van der Waals surface area contributed by atoms with E-state index in [0.717, 1.165) is 42.7 Å². The average molecular weight is 551 g/mol. The Hall–Kier alpha value is -3.61. The number of aromatic amines is 1. The highest BCUT2D eigenvalue weighted by Crippen LogP contribution is 2.28. The van der Waals surface area contributed by atoms with Gasteiger partial charge in [-0.25, -0.2) is 13.4 Å². The van der Waals surface area contributed by atoms with Gasteiger partial charge in [-0.1, -0.05) is 6.07 Å². The van der Waals surface area contributed by atoms with E-state index in [1.165, 1.54) is 44.6 Å². The van der Waals surface area contributed by atoms with E-state index in [0.29, 0.717) is 42.1 Å². The molecule has 38 heavy (non-hydrogen) atoms. The van der Waals surface area contributed by atoms with Crippen LogP contribution in [0.1, 0.15) is 47.3 Å². The van der Waals surface area contributed by atoms with Crippen molar-refractivity contribution in [2.75, 3.05) is 18.4 Å². The Morgan fingerprint density at radius 2 is 1.79 bits per heavy atom. The number of thiophene rings is 1. The smallest absolute Gasteiger partial charge is 0.256 e. The van der Waals surface area contributed by atoms with Gasteiger partial charge in [0.2, 0.25) is 16.0 Å². The summed E-state index contributed by atoms with van der Waals surface area (Å²) in [6, 6.07) is 11.5. The van der Waals surface area contributed by atoms with Crippen LogP contribution in [0.4, 0.5) is 5.82 Å². The lowest BCUT2D eigenvalue weighted by Gasteiger charge is -2.16. The minimum absolute atomic E-state index is 0.164. The van der Waals surface area contributed by atoms with Crippen LogP contribution in [0.3, 0.4) is 0 Å². The molecule has 0 unspecified atom stereocenters. The van der Waals surface area contributed by atoms with Crippen molar-refractivity contribution in [3.8, 4) is 16.5 Å². The number of hydrogen-bond acceptors (Lipinski definition) is 7. The Labute approximate surface area is 223 Å². The van der Waals surface area contributed by atoms with Crippen LogP contribution in [0.15, 0.2) is 57.5 Å². The molecule has 6 rings (SSSR count). The topological polar surface area (TPSA) is 130 Å². The van der Waals surface area contributed by atoms with Gasteiger partial charge in [0.1, 0.15) is 11.5 Å². The molecule has 1 amide bonds. The molecule has 1 aliphatic carbocycles. The molecule has 196 valence electrons. The first-order valence-corrected chi connectivity index (χ1v) is 14.9. The number of benzene rings is 1. The number of hydrogen-bond donors (Lipinski definition) is 2. The molecule has 0 bridgehead atoms. The van der Waals surface area contributed by atoms with Crippen molar-refractivity contribution in [2.45, 2.75) is 43.4 Å². The van der Waals surface area contributed by atoms with E-state index in [1.54, 1.807) is 6.07 Å². The molecule has 12 heteroatoms. The highest BCUT2D eigenvalue weighted by atomic mass is 32.2. The number of carbonyl (C=O) groups excluding carboxylic acids is 1. The van der Waals surface area contributed by atoms with Crippen LogP contribution in [0, 0.1) is 0 Å². The van der Waals surface area contributed by atoms with Crippen molar-refractivity contribution < 1.29 is 13.2 Å². The van der Waals surface area contributed by atoms with E-state index in [4.69, 9.17) is 0 Å². The Morgan fingerprint density at radius 3 is 2.53 bits per heavy atom. The lowest BCUT2D eigenvalue weighted by molar-refractivity contribution is 0.102. The summed E-state index contributed by atoms with van der Waals surface area (Å²) in [5, 5.41) is 9.44. The molecule has 0 atom stereocenters. The number of aromatic nitrogens is 4. The lowest BCUT2D eigenvalue weighted by atomic mass is 9.97. The summed E-state index contributed by atoms with van der Waals surface area (Å²) in [4.78, 5) is 34.6. The molecule has 0 radical (unpaired) electrons. The summed E-state index contributed by atoms with van der Waals surface area (Å²) in [5.74, 6) is 0.140. The van der Waals surface area contributed by atoms with Gasteiger partial charge >= 0.3 is 0 Å². The van der Waals surface area contributed by atoms with Gasteiger partial charge in [0, 0.05) is 30.3 Å². The van der Waals surface area contributed by atoms with Crippen molar-refractivity contribution >= 4 is 33.1 Å². The first kappa shape index (κ1) is 24.7. The van der Waals surface area contributed by atoms with Gasteiger partial charge in [0.25, 0.3) is 11.5 Å². The Kier molecular flexibility index (Phi) is 6.46. The van der Waals surface area contributed by atoms with Crippen molar-refractivity contribution in [1.82, 2.24) is 24.1 Å². The SMILES string of the molecule is O=C(Nc1cc(-c2cccs2)nn1-c1nc2c(c(=O)[nH]1)CCCC2)c1ccc(S(=O)(=O)N2CCCC2)cc1. The third kappa shape index (κ3) is 4.59. The number of anilines is 1. The number of carbonyl (C=O) groups is 1. The van der Waals surface area contributed by atoms with Gasteiger partial charge in [0.15, 0.2) is 0 Å². The number of nitrogens with zero attached hydrogens (tertiary/aromatic N) is 4. The zero-order chi connectivity index (χ0) is 26.3. The van der Waals surface area contributed by atoms with Gasteiger partial charge in [-0.05, 0) is 74.2 Å². The summed E-state index contributed by atoms with van der Waals surface area (Å²) in [6.07, 6.45) is 5.05. The number of amides is 1. The largest absolute Gasteiger partial charge is 0.306 e. The fourth-order valence-corrected chi connectivity index (χ4v) is 7.11. The molecule has 4 aromatic rings. The molecule has 4 heterocycles. The molecular weight excluding hydrogens is 524 g/mol. The van der Waals surface area contributed by atoms with E-state index in [2.05, 4.69) is 20.4 Å². The molecule has 3 aromatic heterocycles. The van der Waals surface area contributed by atoms with Crippen molar-refractivity contribution in [1.29, 1.82) is 0 Å². The van der Waals surface area contributed by atoms with E-state index < -0.39 is 15.9 Å². The molecule has 1 aromatic carbocycles. The van der Waals surface area contributed by atoms with Gasteiger partial charge in [-0.2, -0.15) is 14.1 Å². The van der Waals surface area contributed by atoms with Crippen molar-refractivity contribution in [3.05, 3.63) is 75.0 Å². The summed E-state index contributed by atoms with van der Waals surface area (Å²) in [6.45, 7) is 1.03. The minimum Gasteiger partial charge on any atom is -0.306 e. The van der Waals surface area contributed by atoms with Crippen LogP contribution in [0.25, 0.3) is 16.5 Å². The molecule has 0 saturated carbocycles. The Balaban J connectivity index is 1.32. The van der Waals surface area contributed by atoms with Crippen LogP contribution in [-0.2, 0) is 22.9 Å². The molecule has 1 fully saturated rings. The molecule has 1 aliphatic heterocycles. The minimum atomic E-state index is -3.57. The fraction of sp³-hybridized carbons (Fsp3) is 0.308. The molecular formula is C26H26N6O4S2. The zero-order valence-electron chi connectivity index (χ0n) is 20.5. The lowest BCUT2D eigenvalue weighted by Crippen LogP contribution is -2.27. The monoisotopic (exact) mass is 550 g/mol. The van der Waals surface area contributed by atoms with Crippen LogP contribution in [0.5, 0.6) is 0 Å². The third-order valence-electron chi connectivity index (χ3n) is 6.92.